The normalized spacial score (nSPS) is 10.0. The summed E-state index contributed by atoms with van der Waals surface area (Å²) in [6.07, 6.45) is -0.593. The maximum absolute atomic E-state index is 12.9. The summed E-state index contributed by atoms with van der Waals surface area (Å²) in [7, 11) is 0. The molecule has 0 aliphatic rings. The van der Waals surface area contributed by atoms with Gasteiger partial charge in [-0.05, 0) is 42.8 Å². The molecule has 6 nitrogen and oxygen atoms in total. The summed E-state index contributed by atoms with van der Waals surface area (Å²) in [4.78, 5) is 11.4. The first-order valence-corrected chi connectivity index (χ1v) is 7.06. The van der Waals surface area contributed by atoms with Crippen LogP contribution in [-0.2, 0) is 11.3 Å². The van der Waals surface area contributed by atoms with Crippen LogP contribution in [0.25, 0.3) is 0 Å². The molecule has 0 fully saturated rings. The summed E-state index contributed by atoms with van der Waals surface area (Å²) in [6, 6.07) is 11.2. The number of hydrogen-bond acceptors (Lipinski definition) is 5. The molecule has 2 aromatic carbocycles. The average Bonchev–Trinajstić information content (AvgIpc) is 2.55. The van der Waals surface area contributed by atoms with Crippen molar-refractivity contribution in [1.29, 1.82) is 5.53 Å². The van der Waals surface area contributed by atoms with Gasteiger partial charge < -0.3 is 10.1 Å². The molecule has 0 bridgehead atoms. The van der Waals surface area contributed by atoms with Gasteiger partial charge >= 0.3 is 6.09 Å². The summed E-state index contributed by atoms with van der Waals surface area (Å²) < 4.78 is 17.6. The number of amides is 1. The van der Waals surface area contributed by atoms with E-state index in [4.69, 9.17) is 10.3 Å². The van der Waals surface area contributed by atoms with E-state index in [2.05, 4.69) is 15.7 Å². The second-order valence-electron chi connectivity index (χ2n) is 4.67. The van der Waals surface area contributed by atoms with Gasteiger partial charge in [0, 0.05) is 12.2 Å². The SMILES string of the molecule is CCOC(=O)Nc1ccc(NCc2ccc(F)cc2)cc1N=N. The van der Waals surface area contributed by atoms with Gasteiger partial charge in [0.05, 0.1) is 12.3 Å². The fourth-order valence-electron chi connectivity index (χ4n) is 1.92. The van der Waals surface area contributed by atoms with Crippen molar-refractivity contribution < 1.29 is 13.9 Å². The third kappa shape index (κ3) is 4.77. The minimum Gasteiger partial charge on any atom is -0.450 e. The van der Waals surface area contributed by atoms with Gasteiger partial charge in [0.1, 0.15) is 11.5 Å². The lowest BCUT2D eigenvalue weighted by atomic mass is 10.2. The second kappa shape index (κ2) is 7.88. The Kier molecular flexibility index (Phi) is 5.62. The highest BCUT2D eigenvalue weighted by Crippen LogP contribution is 2.28. The Labute approximate surface area is 133 Å². The molecule has 0 aromatic heterocycles. The number of carbonyl (C=O) groups excluding carboxylic acids is 1. The zero-order valence-electron chi connectivity index (χ0n) is 12.6. The van der Waals surface area contributed by atoms with E-state index in [-0.39, 0.29) is 12.4 Å². The lowest BCUT2D eigenvalue weighted by Gasteiger charge is -2.11. The second-order valence-corrected chi connectivity index (χ2v) is 4.67. The summed E-state index contributed by atoms with van der Waals surface area (Å²) in [5, 5.41) is 9.08. The first-order chi connectivity index (χ1) is 11.1. The molecule has 120 valence electrons. The summed E-state index contributed by atoms with van der Waals surface area (Å²) in [5.74, 6) is -0.279. The van der Waals surface area contributed by atoms with Crippen molar-refractivity contribution in [3.63, 3.8) is 0 Å². The summed E-state index contributed by atoms with van der Waals surface area (Å²) >= 11 is 0. The van der Waals surface area contributed by atoms with Gasteiger partial charge in [0.2, 0.25) is 0 Å². The monoisotopic (exact) mass is 316 g/mol. The minimum atomic E-state index is -0.593. The molecule has 3 N–H and O–H groups in total. The maximum atomic E-state index is 12.9. The van der Waals surface area contributed by atoms with Gasteiger partial charge in [-0.3, -0.25) is 5.32 Å². The summed E-state index contributed by atoms with van der Waals surface area (Å²) in [5.41, 5.74) is 9.56. The molecule has 0 atom stereocenters. The number of rotatable bonds is 6. The van der Waals surface area contributed by atoms with E-state index in [0.717, 1.165) is 11.3 Å². The largest absolute Gasteiger partial charge is 0.450 e. The third-order valence-corrected chi connectivity index (χ3v) is 3.04. The predicted octanol–water partition coefficient (Wildman–Crippen LogP) is 4.67. The number of nitrogens with one attached hydrogen (secondary N) is 3. The van der Waals surface area contributed by atoms with Crippen LogP contribution < -0.4 is 10.6 Å². The minimum absolute atomic E-state index is 0.260. The van der Waals surface area contributed by atoms with Gasteiger partial charge in [-0.1, -0.05) is 12.1 Å². The van der Waals surface area contributed by atoms with E-state index in [1.54, 1.807) is 37.3 Å². The standard InChI is InChI=1S/C16H17FN4O2/c1-2-23-16(22)20-14-8-7-13(9-15(14)21-18)19-10-11-3-5-12(17)6-4-11/h3-9,18-19H,2,10H2,1H3,(H,20,22). The molecular formula is C16H17FN4O2. The molecule has 7 heteroatoms. The third-order valence-electron chi connectivity index (χ3n) is 3.04. The van der Waals surface area contributed by atoms with Crippen molar-refractivity contribution in [2.24, 2.45) is 5.11 Å². The Hall–Kier alpha value is -2.96. The lowest BCUT2D eigenvalue weighted by molar-refractivity contribution is 0.168. The van der Waals surface area contributed by atoms with Crippen molar-refractivity contribution in [2.45, 2.75) is 13.5 Å². The van der Waals surface area contributed by atoms with Gasteiger partial charge in [0.15, 0.2) is 0 Å². The van der Waals surface area contributed by atoms with Crippen LogP contribution in [0.5, 0.6) is 0 Å². The van der Waals surface area contributed by atoms with Gasteiger partial charge in [-0.2, -0.15) is 5.11 Å². The number of carbonyl (C=O) groups is 1. The molecular weight excluding hydrogens is 299 g/mol. The van der Waals surface area contributed by atoms with E-state index in [0.29, 0.717) is 17.9 Å². The van der Waals surface area contributed by atoms with E-state index < -0.39 is 6.09 Å². The molecule has 0 saturated carbocycles. The maximum Gasteiger partial charge on any atom is 0.411 e. The zero-order chi connectivity index (χ0) is 16.7. The molecule has 0 aliphatic carbocycles. The highest BCUT2D eigenvalue weighted by Gasteiger charge is 2.08. The van der Waals surface area contributed by atoms with Gasteiger partial charge in [0.25, 0.3) is 0 Å². The van der Waals surface area contributed by atoms with Gasteiger partial charge in [-0.25, -0.2) is 14.7 Å². The smallest absolute Gasteiger partial charge is 0.411 e. The van der Waals surface area contributed by atoms with Crippen LogP contribution in [0.2, 0.25) is 0 Å². The molecule has 2 rings (SSSR count). The van der Waals surface area contributed by atoms with Crippen LogP contribution in [0.1, 0.15) is 12.5 Å². The van der Waals surface area contributed by atoms with Crippen LogP contribution in [0.3, 0.4) is 0 Å². The topological polar surface area (TPSA) is 86.6 Å². The average molecular weight is 316 g/mol. The quantitative estimate of drug-likeness (QED) is 0.677. The molecule has 0 aliphatic heterocycles. The van der Waals surface area contributed by atoms with Crippen molar-refractivity contribution in [3.8, 4) is 0 Å². The molecule has 0 radical (unpaired) electrons. The molecule has 1 amide bonds. The molecule has 0 saturated heterocycles. The van der Waals surface area contributed by atoms with Crippen LogP contribution in [0.4, 0.5) is 26.2 Å². The first-order valence-electron chi connectivity index (χ1n) is 7.06. The molecule has 0 unspecified atom stereocenters. The number of benzene rings is 2. The Morgan fingerprint density at radius 2 is 2.00 bits per heavy atom. The fraction of sp³-hybridized carbons (Fsp3) is 0.188. The van der Waals surface area contributed by atoms with Crippen LogP contribution in [0, 0.1) is 11.3 Å². The van der Waals surface area contributed by atoms with E-state index in [1.165, 1.54) is 12.1 Å². The number of hydrogen-bond donors (Lipinski definition) is 3. The Morgan fingerprint density at radius 1 is 1.26 bits per heavy atom. The highest BCUT2D eigenvalue weighted by molar-refractivity contribution is 5.89. The van der Waals surface area contributed by atoms with E-state index >= 15 is 0 Å². The van der Waals surface area contributed by atoms with E-state index in [1.807, 2.05) is 0 Å². The van der Waals surface area contributed by atoms with Crippen molar-refractivity contribution >= 4 is 23.2 Å². The lowest BCUT2D eigenvalue weighted by Crippen LogP contribution is -2.13. The first kappa shape index (κ1) is 16.4. The van der Waals surface area contributed by atoms with Crippen molar-refractivity contribution in [2.75, 3.05) is 17.2 Å². The van der Waals surface area contributed by atoms with Crippen LogP contribution in [-0.4, -0.2) is 12.7 Å². The zero-order valence-corrected chi connectivity index (χ0v) is 12.6. The molecule has 2 aromatic rings. The number of ether oxygens (including phenoxy) is 1. The van der Waals surface area contributed by atoms with Gasteiger partial charge in [-0.15, -0.1) is 0 Å². The predicted molar refractivity (Wildman–Crippen MR) is 85.6 cm³/mol. The van der Waals surface area contributed by atoms with Crippen LogP contribution in [0.15, 0.2) is 47.6 Å². The fourth-order valence-corrected chi connectivity index (χ4v) is 1.92. The Morgan fingerprint density at radius 3 is 2.65 bits per heavy atom. The Bertz CT molecular complexity index is 689. The highest BCUT2D eigenvalue weighted by atomic mass is 19.1. The molecule has 0 heterocycles. The number of anilines is 2. The van der Waals surface area contributed by atoms with E-state index in [9.17, 15) is 9.18 Å². The summed E-state index contributed by atoms with van der Waals surface area (Å²) in [6.45, 7) is 2.47. The van der Waals surface area contributed by atoms with Crippen molar-refractivity contribution in [3.05, 3.63) is 53.8 Å². The number of halogens is 1. The molecule has 23 heavy (non-hydrogen) atoms. The van der Waals surface area contributed by atoms with Crippen LogP contribution >= 0.6 is 0 Å². The van der Waals surface area contributed by atoms with Crippen molar-refractivity contribution in [1.82, 2.24) is 0 Å². The molecule has 0 spiro atoms. The Balaban J connectivity index is 2.04. The number of nitrogens with zero attached hydrogens (tertiary/aromatic N) is 1.